The number of aromatic nitrogens is 2. The van der Waals surface area contributed by atoms with Crippen molar-refractivity contribution in [2.24, 2.45) is 0 Å². The van der Waals surface area contributed by atoms with Crippen molar-refractivity contribution in [2.45, 2.75) is 40.0 Å². The van der Waals surface area contributed by atoms with Gasteiger partial charge in [0.15, 0.2) is 0 Å². The number of methoxy groups -OCH3 is 1. The van der Waals surface area contributed by atoms with Crippen LogP contribution < -0.4 is 16.2 Å². The minimum absolute atomic E-state index is 0.159. The molecular formula is C19H30N4O3. The second-order valence-electron chi connectivity index (χ2n) is 5.40. The monoisotopic (exact) mass is 362 g/mol. The molecule has 0 spiro atoms. The number of hydrogen-bond acceptors (Lipinski definition) is 7. The molecular weight excluding hydrogens is 332 g/mol. The standard InChI is InChI=1S/C14H16N4O2.C4H10.CH4O/c1-8-11(13(15)18-14(16)17-8)6-10-4-3-9(7-19)5-12(10)20-2;1-3-4-2;1-2/h3-5,7H,6H2,1-2H3,(H4,15,16,17,18);3-4H2,1-2H3;2H,1H3. The Bertz CT molecular complexity index is 665. The molecule has 7 nitrogen and oxygen atoms in total. The van der Waals surface area contributed by atoms with E-state index in [-0.39, 0.29) is 5.95 Å². The largest absolute Gasteiger partial charge is 0.496 e. The normalized spacial score (nSPS) is 9.31. The van der Waals surface area contributed by atoms with Gasteiger partial charge in [-0.2, -0.15) is 4.98 Å². The number of carbonyl (C=O) groups excluding carboxylic acids is 1. The molecule has 0 amide bonds. The van der Waals surface area contributed by atoms with Crippen LogP contribution in [0.3, 0.4) is 0 Å². The van der Waals surface area contributed by atoms with E-state index in [2.05, 4.69) is 23.8 Å². The van der Waals surface area contributed by atoms with Crippen LogP contribution in [-0.4, -0.2) is 35.6 Å². The van der Waals surface area contributed by atoms with Crippen LogP contribution in [-0.2, 0) is 6.42 Å². The summed E-state index contributed by atoms with van der Waals surface area (Å²) in [6, 6.07) is 5.25. The summed E-state index contributed by atoms with van der Waals surface area (Å²) < 4.78 is 5.30. The van der Waals surface area contributed by atoms with Gasteiger partial charge < -0.3 is 21.3 Å². The van der Waals surface area contributed by atoms with Gasteiger partial charge in [-0.3, -0.25) is 4.79 Å². The maximum atomic E-state index is 10.8. The molecule has 0 atom stereocenters. The second kappa shape index (κ2) is 12.7. The van der Waals surface area contributed by atoms with Crippen molar-refractivity contribution in [3.05, 3.63) is 40.6 Å². The lowest BCUT2D eigenvalue weighted by Gasteiger charge is -2.12. The summed E-state index contributed by atoms with van der Waals surface area (Å²) in [7, 11) is 2.56. The van der Waals surface area contributed by atoms with Gasteiger partial charge in [0.1, 0.15) is 17.9 Å². The highest BCUT2D eigenvalue weighted by Crippen LogP contribution is 2.25. The summed E-state index contributed by atoms with van der Waals surface area (Å²) in [6.45, 7) is 6.19. The molecule has 0 aliphatic rings. The SMILES string of the molecule is CCCC.CO.COc1cc(C=O)ccc1Cc1c(C)nc(N)nc1N. The number of aldehydes is 1. The Hall–Kier alpha value is -2.67. The molecule has 0 aliphatic carbocycles. The van der Waals surface area contributed by atoms with E-state index >= 15 is 0 Å². The summed E-state index contributed by atoms with van der Waals surface area (Å²) in [4.78, 5) is 18.9. The van der Waals surface area contributed by atoms with Crippen LogP contribution in [0, 0.1) is 6.92 Å². The highest BCUT2D eigenvalue weighted by atomic mass is 16.5. The average Bonchev–Trinajstić information content (AvgIpc) is 2.66. The second-order valence-corrected chi connectivity index (χ2v) is 5.40. The molecule has 5 N–H and O–H groups in total. The third-order valence-corrected chi connectivity index (χ3v) is 3.58. The lowest BCUT2D eigenvalue weighted by molar-refractivity contribution is 0.112. The predicted molar refractivity (Wildman–Crippen MR) is 106 cm³/mol. The molecule has 1 aromatic heterocycles. The first-order chi connectivity index (χ1) is 12.5. The fraction of sp³-hybridized carbons (Fsp3) is 0.421. The Balaban J connectivity index is 0.000000920. The number of benzene rings is 1. The molecule has 0 radical (unpaired) electrons. The van der Waals surface area contributed by atoms with E-state index in [4.69, 9.17) is 21.3 Å². The molecule has 7 heteroatoms. The van der Waals surface area contributed by atoms with Gasteiger partial charge in [-0.25, -0.2) is 4.98 Å². The molecule has 1 aromatic carbocycles. The van der Waals surface area contributed by atoms with Gasteiger partial charge in [0, 0.05) is 30.4 Å². The van der Waals surface area contributed by atoms with E-state index < -0.39 is 0 Å². The fourth-order valence-electron chi connectivity index (χ4n) is 2.03. The van der Waals surface area contributed by atoms with Crippen molar-refractivity contribution in [1.29, 1.82) is 0 Å². The molecule has 2 rings (SSSR count). The van der Waals surface area contributed by atoms with Crippen LogP contribution in [0.25, 0.3) is 0 Å². The van der Waals surface area contributed by atoms with E-state index in [1.54, 1.807) is 19.2 Å². The molecule has 26 heavy (non-hydrogen) atoms. The minimum Gasteiger partial charge on any atom is -0.496 e. The van der Waals surface area contributed by atoms with Gasteiger partial charge in [0.2, 0.25) is 5.95 Å². The number of unbranched alkanes of at least 4 members (excludes halogenated alkanes) is 1. The Morgan fingerprint density at radius 2 is 1.77 bits per heavy atom. The van der Waals surface area contributed by atoms with E-state index in [1.165, 1.54) is 12.8 Å². The number of aliphatic hydroxyl groups is 1. The topological polar surface area (TPSA) is 124 Å². The summed E-state index contributed by atoms with van der Waals surface area (Å²) in [5.74, 6) is 1.15. The quantitative estimate of drug-likeness (QED) is 0.698. The zero-order valence-electron chi connectivity index (χ0n) is 16.2. The highest BCUT2D eigenvalue weighted by Gasteiger charge is 2.12. The van der Waals surface area contributed by atoms with Crippen molar-refractivity contribution in [2.75, 3.05) is 25.7 Å². The third-order valence-electron chi connectivity index (χ3n) is 3.58. The summed E-state index contributed by atoms with van der Waals surface area (Å²) >= 11 is 0. The molecule has 144 valence electrons. The first kappa shape index (κ1) is 23.3. The Morgan fingerprint density at radius 3 is 2.23 bits per heavy atom. The molecule has 0 bridgehead atoms. The average molecular weight is 362 g/mol. The predicted octanol–water partition coefficient (Wildman–Crippen LogP) is 2.78. The summed E-state index contributed by atoms with van der Waals surface area (Å²) in [5.41, 5.74) is 14.4. The van der Waals surface area contributed by atoms with Crippen LogP contribution in [0.1, 0.15) is 53.9 Å². The maximum absolute atomic E-state index is 10.8. The van der Waals surface area contributed by atoms with E-state index in [0.29, 0.717) is 23.6 Å². The van der Waals surface area contributed by atoms with Crippen molar-refractivity contribution in [3.63, 3.8) is 0 Å². The van der Waals surface area contributed by atoms with E-state index in [0.717, 1.165) is 30.2 Å². The van der Waals surface area contributed by atoms with E-state index in [1.807, 2.05) is 13.0 Å². The number of nitrogens with zero attached hydrogens (tertiary/aromatic N) is 2. The van der Waals surface area contributed by atoms with Gasteiger partial charge in [-0.05, 0) is 18.6 Å². The number of aryl methyl sites for hydroxylation is 1. The smallest absolute Gasteiger partial charge is 0.222 e. The number of rotatable bonds is 5. The third kappa shape index (κ3) is 7.06. The molecule has 0 unspecified atom stereocenters. The van der Waals surface area contributed by atoms with Gasteiger partial charge in [-0.15, -0.1) is 0 Å². The Kier molecular flexibility index (Phi) is 11.4. The number of nitrogens with two attached hydrogens (primary N) is 2. The Morgan fingerprint density at radius 1 is 1.15 bits per heavy atom. The zero-order valence-corrected chi connectivity index (χ0v) is 16.2. The zero-order chi connectivity index (χ0) is 20.1. The number of anilines is 2. The number of aliphatic hydroxyl groups excluding tert-OH is 1. The Labute approximate surface area is 155 Å². The summed E-state index contributed by atoms with van der Waals surface area (Å²) in [6.07, 6.45) is 3.93. The minimum atomic E-state index is 0.159. The van der Waals surface area contributed by atoms with Crippen molar-refractivity contribution >= 4 is 18.1 Å². The summed E-state index contributed by atoms with van der Waals surface area (Å²) in [5, 5.41) is 7.00. The van der Waals surface area contributed by atoms with Gasteiger partial charge in [-0.1, -0.05) is 38.8 Å². The fourth-order valence-corrected chi connectivity index (χ4v) is 2.03. The molecule has 0 saturated heterocycles. The lowest BCUT2D eigenvalue weighted by Crippen LogP contribution is -2.08. The maximum Gasteiger partial charge on any atom is 0.222 e. The molecule has 0 fully saturated rings. The number of hydrogen-bond donors (Lipinski definition) is 3. The molecule has 2 aromatic rings. The molecule has 1 heterocycles. The van der Waals surface area contributed by atoms with Crippen molar-refractivity contribution in [1.82, 2.24) is 9.97 Å². The van der Waals surface area contributed by atoms with E-state index in [9.17, 15) is 4.79 Å². The van der Waals surface area contributed by atoms with Crippen LogP contribution >= 0.6 is 0 Å². The van der Waals surface area contributed by atoms with Crippen molar-refractivity contribution in [3.8, 4) is 5.75 Å². The van der Waals surface area contributed by atoms with Crippen LogP contribution in [0.5, 0.6) is 5.75 Å². The van der Waals surface area contributed by atoms with Crippen molar-refractivity contribution < 1.29 is 14.6 Å². The van der Waals surface area contributed by atoms with Crippen LogP contribution in [0.4, 0.5) is 11.8 Å². The van der Waals surface area contributed by atoms with Gasteiger partial charge in [0.25, 0.3) is 0 Å². The van der Waals surface area contributed by atoms with Gasteiger partial charge >= 0.3 is 0 Å². The van der Waals surface area contributed by atoms with Crippen LogP contribution in [0.2, 0.25) is 0 Å². The number of nitrogen functional groups attached to an aromatic ring is 2. The highest BCUT2D eigenvalue weighted by molar-refractivity contribution is 5.76. The number of carbonyl (C=O) groups is 1. The lowest BCUT2D eigenvalue weighted by atomic mass is 10.0. The molecule has 0 saturated carbocycles. The number of ether oxygens (including phenoxy) is 1. The first-order valence-electron chi connectivity index (χ1n) is 8.42. The first-order valence-corrected chi connectivity index (χ1v) is 8.42. The molecule has 0 aliphatic heterocycles. The van der Waals surface area contributed by atoms with Gasteiger partial charge in [0.05, 0.1) is 7.11 Å². The van der Waals surface area contributed by atoms with Crippen LogP contribution in [0.15, 0.2) is 18.2 Å².